The predicted octanol–water partition coefficient (Wildman–Crippen LogP) is 2.06. The standard InChI is InChI=1S/C14H19NO3/c1-4-10(2)13(16)15-12(14(17)18-3)11-8-6-5-7-9-11/h5-10,12H,4H2,1-3H3,(H,15,16). The van der Waals surface area contributed by atoms with Gasteiger partial charge in [-0.3, -0.25) is 4.79 Å². The summed E-state index contributed by atoms with van der Waals surface area (Å²) in [5.74, 6) is -0.726. The summed E-state index contributed by atoms with van der Waals surface area (Å²) in [6, 6.07) is 8.34. The van der Waals surface area contributed by atoms with Gasteiger partial charge in [-0.1, -0.05) is 44.2 Å². The van der Waals surface area contributed by atoms with Gasteiger partial charge in [-0.2, -0.15) is 0 Å². The summed E-state index contributed by atoms with van der Waals surface area (Å²) < 4.78 is 4.73. The third kappa shape index (κ3) is 3.58. The highest BCUT2D eigenvalue weighted by Gasteiger charge is 2.24. The van der Waals surface area contributed by atoms with E-state index in [9.17, 15) is 9.59 Å². The van der Waals surface area contributed by atoms with Crippen LogP contribution < -0.4 is 5.32 Å². The molecule has 2 atom stereocenters. The highest BCUT2D eigenvalue weighted by molar-refractivity contribution is 5.86. The zero-order chi connectivity index (χ0) is 13.5. The van der Waals surface area contributed by atoms with Gasteiger partial charge in [0.2, 0.25) is 5.91 Å². The Morgan fingerprint density at radius 1 is 1.28 bits per heavy atom. The minimum atomic E-state index is -0.738. The molecule has 1 aromatic rings. The van der Waals surface area contributed by atoms with Crippen molar-refractivity contribution in [2.75, 3.05) is 7.11 Å². The van der Waals surface area contributed by atoms with Crippen molar-refractivity contribution in [3.05, 3.63) is 35.9 Å². The van der Waals surface area contributed by atoms with Crippen LogP contribution in [0.3, 0.4) is 0 Å². The first-order valence-corrected chi connectivity index (χ1v) is 6.03. The number of methoxy groups -OCH3 is 1. The molecular formula is C14H19NO3. The van der Waals surface area contributed by atoms with E-state index in [1.165, 1.54) is 7.11 Å². The van der Waals surface area contributed by atoms with Crippen molar-refractivity contribution in [2.45, 2.75) is 26.3 Å². The van der Waals surface area contributed by atoms with Gasteiger partial charge in [-0.15, -0.1) is 0 Å². The average molecular weight is 249 g/mol. The number of hydrogen-bond donors (Lipinski definition) is 1. The second-order valence-corrected chi connectivity index (χ2v) is 4.18. The first-order valence-electron chi connectivity index (χ1n) is 6.03. The van der Waals surface area contributed by atoms with Crippen LogP contribution in [0.5, 0.6) is 0 Å². The maximum atomic E-state index is 11.9. The SMILES string of the molecule is CCC(C)C(=O)NC(C(=O)OC)c1ccccc1. The number of esters is 1. The van der Waals surface area contributed by atoms with Gasteiger partial charge in [0, 0.05) is 5.92 Å². The molecule has 0 spiro atoms. The molecule has 0 aliphatic heterocycles. The van der Waals surface area contributed by atoms with Crippen LogP contribution in [0, 0.1) is 5.92 Å². The second kappa shape index (κ2) is 6.79. The van der Waals surface area contributed by atoms with E-state index in [-0.39, 0.29) is 11.8 Å². The molecular weight excluding hydrogens is 230 g/mol. The smallest absolute Gasteiger partial charge is 0.333 e. The highest BCUT2D eigenvalue weighted by Crippen LogP contribution is 2.15. The molecule has 4 heteroatoms. The van der Waals surface area contributed by atoms with E-state index >= 15 is 0 Å². The maximum absolute atomic E-state index is 11.9. The minimum Gasteiger partial charge on any atom is -0.467 e. The van der Waals surface area contributed by atoms with Gasteiger partial charge in [0.1, 0.15) is 0 Å². The number of rotatable bonds is 5. The number of hydrogen-bond acceptors (Lipinski definition) is 3. The molecule has 1 rings (SSSR count). The molecule has 0 fully saturated rings. The van der Waals surface area contributed by atoms with Crippen molar-refractivity contribution in [3.8, 4) is 0 Å². The maximum Gasteiger partial charge on any atom is 0.333 e. The fourth-order valence-electron chi connectivity index (χ4n) is 1.51. The van der Waals surface area contributed by atoms with Crippen LogP contribution in [0.15, 0.2) is 30.3 Å². The monoisotopic (exact) mass is 249 g/mol. The molecule has 4 nitrogen and oxygen atoms in total. The van der Waals surface area contributed by atoms with Crippen LogP contribution in [0.4, 0.5) is 0 Å². The van der Waals surface area contributed by atoms with E-state index in [2.05, 4.69) is 5.32 Å². The van der Waals surface area contributed by atoms with E-state index < -0.39 is 12.0 Å². The van der Waals surface area contributed by atoms with Gasteiger partial charge in [0.15, 0.2) is 6.04 Å². The van der Waals surface area contributed by atoms with E-state index in [4.69, 9.17) is 4.74 Å². The highest BCUT2D eigenvalue weighted by atomic mass is 16.5. The zero-order valence-corrected chi connectivity index (χ0v) is 11.0. The molecule has 0 aliphatic rings. The van der Waals surface area contributed by atoms with Gasteiger partial charge in [0.05, 0.1) is 7.11 Å². The Balaban J connectivity index is 2.87. The Morgan fingerprint density at radius 2 is 1.89 bits per heavy atom. The Labute approximate surface area is 107 Å². The summed E-state index contributed by atoms with van der Waals surface area (Å²) in [6.45, 7) is 3.76. The summed E-state index contributed by atoms with van der Waals surface area (Å²) in [4.78, 5) is 23.6. The molecule has 0 aliphatic carbocycles. The lowest BCUT2D eigenvalue weighted by atomic mass is 10.0. The van der Waals surface area contributed by atoms with Crippen LogP contribution in [-0.2, 0) is 14.3 Å². The number of carbonyl (C=O) groups is 2. The molecule has 1 N–H and O–H groups in total. The van der Waals surface area contributed by atoms with E-state index in [1.807, 2.05) is 32.0 Å². The van der Waals surface area contributed by atoms with Crippen LogP contribution in [0.2, 0.25) is 0 Å². The molecule has 98 valence electrons. The van der Waals surface area contributed by atoms with Crippen LogP contribution in [0.25, 0.3) is 0 Å². The first kappa shape index (κ1) is 14.2. The van der Waals surface area contributed by atoms with Crippen molar-refractivity contribution in [2.24, 2.45) is 5.92 Å². The zero-order valence-electron chi connectivity index (χ0n) is 11.0. The van der Waals surface area contributed by atoms with Crippen LogP contribution >= 0.6 is 0 Å². The lowest BCUT2D eigenvalue weighted by Gasteiger charge is -2.18. The molecule has 2 unspecified atom stereocenters. The number of nitrogens with one attached hydrogen (secondary N) is 1. The minimum absolute atomic E-state index is 0.124. The van der Waals surface area contributed by atoms with E-state index in [1.54, 1.807) is 12.1 Å². The molecule has 0 saturated heterocycles. The van der Waals surface area contributed by atoms with Crippen molar-refractivity contribution in [3.63, 3.8) is 0 Å². The number of carbonyl (C=O) groups excluding carboxylic acids is 2. The largest absolute Gasteiger partial charge is 0.467 e. The van der Waals surface area contributed by atoms with E-state index in [0.717, 1.165) is 12.0 Å². The quantitative estimate of drug-likeness (QED) is 0.813. The summed E-state index contributed by atoms with van der Waals surface area (Å²) in [5.41, 5.74) is 0.723. The summed E-state index contributed by atoms with van der Waals surface area (Å²) in [7, 11) is 1.31. The number of benzene rings is 1. The Hall–Kier alpha value is -1.84. The van der Waals surface area contributed by atoms with Gasteiger partial charge in [-0.25, -0.2) is 4.79 Å². The number of amides is 1. The predicted molar refractivity (Wildman–Crippen MR) is 68.8 cm³/mol. The van der Waals surface area contributed by atoms with Crippen molar-refractivity contribution < 1.29 is 14.3 Å². The van der Waals surface area contributed by atoms with Gasteiger partial charge >= 0.3 is 5.97 Å². The summed E-state index contributed by atoms with van der Waals surface area (Å²) in [6.07, 6.45) is 0.731. The Morgan fingerprint density at radius 3 is 2.39 bits per heavy atom. The Bertz CT molecular complexity index is 403. The fraction of sp³-hybridized carbons (Fsp3) is 0.429. The molecule has 0 aromatic heterocycles. The molecule has 0 radical (unpaired) electrons. The number of ether oxygens (including phenoxy) is 1. The van der Waals surface area contributed by atoms with Crippen LogP contribution in [-0.4, -0.2) is 19.0 Å². The third-order valence-electron chi connectivity index (χ3n) is 2.92. The van der Waals surface area contributed by atoms with Gasteiger partial charge < -0.3 is 10.1 Å². The van der Waals surface area contributed by atoms with E-state index in [0.29, 0.717) is 0 Å². The first-order chi connectivity index (χ1) is 8.60. The van der Waals surface area contributed by atoms with Crippen molar-refractivity contribution >= 4 is 11.9 Å². The lowest BCUT2D eigenvalue weighted by molar-refractivity contribution is -0.145. The normalized spacial score (nSPS) is 13.5. The second-order valence-electron chi connectivity index (χ2n) is 4.18. The molecule has 18 heavy (non-hydrogen) atoms. The summed E-state index contributed by atoms with van der Waals surface area (Å²) >= 11 is 0. The third-order valence-corrected chi connectivity index (χ3v) is 2.92. The molecule has 0 heterocycles. The average Bonchev–Trinajstić information content (AvgIpc) is 2.43. The van der Waals surface area contributed by atoms with Gasteiger partial charge in [-0.05, 0) is 12.0 Å². The summed E-state index contributed by atoms with van der Waals surface area (Å²) in [5, 5.41) is 2.72. The molecule has 0 saturated carbocycles. The molecule has 1 amide bonds. The van der Waals surface area contributed by atoms with Crippen molar-refractivity contribution in [1.82, 2.24) is 5.32 Å². The Kier molecular flexibility index (Phi) is 5.36. The van der Waals surface area contributed by atoms with Gasteiger partial charge in [0.25, 0.3) is 0 Å². The molecule has 0 bridgehead atoms. The molecule has 1 aromatic carbocycles. The van der Waals surface area contributed by atoms with Crippen LogP contribution in [0.1, 0.15) is 31.9 Å². The topological polar surface area (TPSA) is 55.4 Å². The lowest BCUT2D eigenvalue weighted by Crippen LogP contribution is -2.37. The fourth-order valence-corrected chi connectivity index (χ4v) is 1.51. The van der Waals surface area contributed by atoms with Crippen molar-refractivity contribution in [1.29, 1.82) is 0 Å².